The van der Waals surface area contributed by atoms with E-state index >= 15 is 0 Å². The highest BCUT2D eigenvalue weighted by atomic mass is 16.4. The molecule has 0 radical (unpaired) electrons. The van der Waals surface area contributed by atoms with Crippen molar-refractivity contribution in [2.45, 2.75) is 44.6 Å². The number of hydrogen-bond donors (Lipinski definition) is 2. The van der Waals surface area contributed by atoms with Gasteiger partial charge in [0.1, 0.15) is 11.3 Å². The van der Waals surface area contributed by atoms with E-state index in [-0.39, 0.29) is 5.76 Å². The molecule has 0 aliphatic heterocycles. The average Bonchev–Trinajstić information content (AvgIpc) is 2.77. The fourth-order valence-electron chi connectivity index (χ4n) is 2.38. The number of carbonyl (C=O) groups is 2. The van der Waals surface area contributed by atoms with Crippen molar-refractivity contribution in [3.8, 4) is 0 Å². The Labute approximate surface area is 105 Å². The second-order valence-electron chi connectivity index (χ2n) is 4.81. The summed E-state index contributed by atoms with van der Waals surface area (Å²) in [6.45, 7) is 1.74. The number of aryl methyl sites for hydroxylation is 1. The zero-order valence-electron chi connectivity index (χ0n) is 10.4. The molecule has 0 aromatic carbocycles. The number of carboxylic acid groups (broad SMARTS) is 1. The molecule has 98 valence electrons. The van der Waals surface area contributed by atoms with E-state index in [2.05, 4.69) is 5.32 Å². The van der Waals surface area contributed by atoms with Crippen LogP contribution in [0.15, 0.2) is 16.5 Å². The number of amides is 1. The van der Waals surface area contributed by atoms with Gasteiger partial charge in [-0.15, -0.1) is 0 Å². The van der Waals surface area contributed by atoms with Crippen molar-refractivity contribution in [1.29, 1.82) is 0 Å². The average molecular weight is 251 g/mol. The van der Waals surface area contributed by atoms with Crippen molar-refractivity contribution < 1.29 is 19.1 Å². The smallest absolute Gasteiger partial charge is 0.329 e. The van der Waals surface area contributed by atoms with E-state index in [0.29, 0.717) is 18.6 Å². The molecule has 2 N–H and O–H groups in total. The highest BCUT2D eigenvalue weighted by Gasteiger charge is 2.41. The van der Waals surface area contributed by atoms with Gasteiger partial charge in [0, 0.05) is 0 Å². The molecule has 1 fully saturated rings. The minimum atomic E-state index is -1.13. The van der Waals surface area contributed by atoms with Gasteiger partial charge in [0.2, 0.25) is 0 Å². The highest BCUT2D eigenvalue weighted by Crippen LogP contribution is 2.29. The lowest BCUT2D eigenvalue weighted by atomic mass is 9.81. The van der Waals surface area contributed by atoms with E-state index in [4.69, 9.17) is 4.42 Å². The second kappa shape index (κ2) is 4.84. The molecule has 18 heavy (non-hydrogen) atoms. The summed E-state index contributed by atoms with van der Waals surface area (Å²) in [6.07, 6.45) is 3.62. The minimum Gasteiger partial charge on any atom is -0.480 e. The molecule has 0 atom stereocenters. The third kappa shape index (κ3) is 2.39. The van der Waals surface area contributed by atoms with Crippen molar-refractivity contribution in [3.63, 3.8) is 0 Å². The van der Waals surface area contributed by atoms with Gasteiger partial charge in [0.05, 0.1) is 0 Å². The fourth-order valence-corrected chi connectivity index (χ4v) is 2.38. The maximum absolute atomic E-state index is 12.0. The first kappa shape index (κ1) is 12.7. The van der Waals surface area contributed by atoms with E-state index in [1.165, 1.54) is 0 Å². The number of carboxylic acids is 1. The minimum absolute atomic E-state index is 0.165. The maximum Gasteiger partial charge on any atom is 0.329 e. The summed E-state index contributed by atoms with van der Waals surface area (Å²) in [7, 11) is 0. The Balaban J connectivity index is 2.14. The van der Waals surface area contributed by atoms with Crippen molar-refractivity contribution in [1.82, 2.24) is 5.32 Å². The zero-order valence-corrected chi connectivity index (χ0v) is 10.4. The van der Waals surface area contributed by atoms with Crippen LogP contribution in [0.2, 0.25) is 0 Å². The van der Waals surface area contributed by atoms with E-state index in [0.717, 1.165) is 19.3 Å². The number of rotatable bonds is 3. The monoisotopic (exact) mass is 251 g/mol. The van der Waals surface area contributed by atoms with Gasteiger partial charge < -0.3 is 14.8 Å². The molecule has 1 aromatic heterocycles. The van der Waals surface area contributed by atoms with Crippen molar-refractivity contribution in [3.05, 3.63) is 23.7 Å². The normalized spacial score (nSPS) is 18.3. The maximum atomic E-state index is 12.0. The van der Waals surface area contributed by atoms with E-state index in [9.17, 15) is 14.7 Å². The quantitative estimate of drug-likeness (QED) is 0.862. The number of aliphatic carboxylic acids is 1. The summed E-state index contributed by atoms with van der Waals surface area (Å²) in [6, 6.07) is 3.24. The predicted molar refractivity (Wildman–Crippen MR) is 64.4 cm³/mol. The molecule has 1 amide bonds. The summed E-state index contributed by atoms with van der Waals surface area (Å²) >= 11 is 0. The standard InChI is InChI=1S/C13H17NO4/c1-9-5-6-10(18-9)11(15)14-13(12(16)17)7-3-2-4-8-13/h5-6H,2-4,7-8H2,1H3,(H,14,15)(H,16,17). The zero-order chi connectivity index (χ0) is 13.2. The molecule has 5 heteroatoms. The largest absolute Gasteiger partial charge is 0.480 e. The van der Waals surface area contributed by atoms with Gasteiger partial charge in [-0.1, -0.05) is 19.3 Å². The lowest BCUT2D eigenvalue weighted by molar-refractivity contribution is -0.145. The van der Waals surface area contributed by atoms with Gasteiger partial charge in [0.25, 0.3) is 5.91 Å². The predicted octanol–water partition coefficient (Wildman–Crippen LogP) is 2.11. The van der Waals surface area contributed by atoms with Gasteiger partial charge in [-0.2, -0.15) is 0 Å². The molecule has 5 nitrogen and oxygen atoms in total. The van der Waals surface area contributed by atoms with E-state index in [1.807, 2.05) is 0 Å². The number of carbonyl (C=O) groups excluding carboxylic acids is 1. The first-order valence-electron chi connectivity index (χ1n) is 6.16. The van der Waals surface area contributed by atoms with Crippen LogP contribution >= 0.6 is 0 Å². The summed E-state index contributed by atoms with van der Waals surface area (Å²) in [4.78, 5) is 23.4. The van der Waals surface area contributed by atoms with Gasteiger partial charge in [-0.05, 0) is 31.9 Å². The Morgan fingerprint density at radius 1 is 1.28 bits per heavy atom. The van der Waals surface area contributed by atoms with Crippen molar-refractivity contribution in [2.75, 3.05) is 0 Å². The Bertz CT molecular complexity index is 457. The molecule has 0 bridgehead atoms. The second-order valence-corrected chi connectivity index (χ2v) is 4.81. The van der Waals surface area contributed by atoms with Crippen LogP contribution in [0, 0.1) is 6.92 Å². The number of nitrogens with one attached hydrogen (secondary N) is 1. The Hall–Kier alpha value is -1.78. The van der Waals surface area contributed by atoms with Gasteiger partial charge in [-0.3, -0.25) is 4.79 Å². The summed E-state index contributed by atoms with van der Waals surface area (Å²) in [5, 5.41) is 12.0. The third-order valence-corrected chi connectivity index (χ3v) is 3.43. The van der Waals surface area contributed by atoms with E-state index in [1.54, 1.807) is 19.1 Å². The lowest BCUT2D eigenvalue weighted by Crippen LogP contribution is -2.55. The molecule has 2 rings (SSSR count). The van der Waals surface area contributed by atoms with E-state index < -0.39 is 17.4 Å². The third-order valence-electron chi connectivity index (χ3n) is 3.43. The fraction of sp³-hybridized carbons (Fsp3) is 0.538. The Morgan fingerprint density at radius 2 is 1.94 bits per heavy atom. The molecular formula is C13H17NO4. The molecule has 0 saturated heterocycles. The molecule has 1 heterocycles. The van der Waals surface area contributed by atoms with Gasteiger partial charge in [0.15, 0.2) is 5.76 Å². The number of hydrogen-bond acceptors (Lipinski definition) is 3. The molecule has 0 spiro atoms. The molecule has 0 unspecified atom stereocenters. The number of furan rings is 1. The van der Waals surface area contributed by atoms with Crippen molar-refractivity contribution >= 4 is 11.9 Å². The SMILES string of the molecule is Cc1ccc(C(=O)NC2(C(=O)O)CCCCC2)o1. The highest BCUT2D eigenvalue weighted by molar-refractivity contribution is 5.95. The van der Waals surface area contributed by atoms with Gasteiger partial charge in [-0.25, -0.2) is 4.79 Å². The summed E-state index contributed by atoms with van der Waals surface area (Å²) < 4.78 is 5.21. The first-order chi connectivity index (χ1) is 8.53. The van der Waals surface area contributed by atoms with Gasteiger partial charge >= 0.3 is 5.97 Å². The molecule has 1 aliphatic rings. The summed E-state index contributed by atoms with van der Waals surface area (Å²) in [5.74, 6) is -0.613. The topological polar surface area (TPSA) is 79.5 Å². The molecule has 1 saturated carbocycles. The molecular weight excluding hydrogens is 234 g/mol. The Kier molecular flexibility index (Phi) is 3.41. The van der Waals surface area contributed by atoms with Crippen LogP contribution in [-0.2, 0) is 4.79 Å². The summed E-state index contributed by atoms with van der Waals surface area (Å²) in [5.41, 5.74) is -1.13. The molecule has 1 aromatic rings. The van der Waals surface area contributed by atoms with Crippen LogP contribution in [0.4, 0.5) is 0 Å². The first-order valence-corrected chi connectivity index (χ1v) is 6.16. The van der Waals surface area contributed by atoms with Crippen molar-refractivity contribution in [2.24, 2.45) is 0 Å². The van der Waals surface area contributed by atoms with Crippen LogP contribution in [0.3, 0.4) is 0 Å². The van der Waals surface area contributed by atoms with Crippen LogP contribution in [0.1, 0.15) is 48.4 Å². The van der Waals surface area contributed by atoms with Crippen LogP contribution in [-0.4, -0.2) is 22.5 Å². The molecule has 1 aliphatic carbocycles. The Morgan fingerprint density at radius 3 is 2.44 bits per heavy atom. The van der Waals surface area contributed by atoms with Crippen LogP contribution < -0.4 is 5.32 Å². The lowest BCUT2D eigenvalue weighted by Gasteiger charge is -2.33. The van der Waals surface area contributed by atoms with Crippen LogP contribution in [0.25, 0.3) is 0 Å². The van der Waals surface area contributed by atoms with Crippen LogP contribution in [0.5, 0.6) is 0 Å².